The van der Waals surface area contributed by atoms with Crippen molar-refractivity contribution in [1.29, 1.82) is 5.41 Å². The van der Waals surface area contributed by atoms with E-state index in [2.05, 4.69) is 33.9 Å². The molecular formula is C20H31N7O5S. The van der Waals surface area contributed by atoms with Gasteiger partial charge in [-0.05, 0) is 24.8 Å². The van der Waals surface area contributed by atoms with Crippen molar-refractivity contribution in [2.24, 2.45) is 11.5 Å². The molecule has 0 unspecified atom stereocenters. The van der Waals surface area contributed by atoms with E-state index < -0.39 is 48.4 Å². The Bertz CT molecular complexity index is 824. The van der Waals surface area contributed by atoms with Crippen LogP contribution in [0.3, 0.4) is 0 Å². The minimum absolute atomic E-state index is 0.115. The van der Waals surface area contributed by atoms with Gasteiger partial charge in [0.25, 0.3) is 0 Å². The van der Waals surface area contributed by atoms with E-state index in [9.17, 15) is 19.2 Å². The van der Waals surface area contributed by atoms with Crippen molar-refractivity contribution < 1.29 is 24.3 Å². The highest BCUT2D eigenvalue weighted by atomic mass is 32.1. The van der Waals surface area contributed by atoms with Crippen LogP contribution in [0.1, 0.15) is 18.4 Å². The Morgan fingerprint density at radius 3 is 2.27 bits per heavy atom. The number of carbonyl (C=O) groups excluding carboxylic acids is 3. The molecule has 0 aliphatic heterocycles. The molecular weight excluding hydrogens is 450 g/mol. The number of nitrogens with two attached hydrogens (primary N) is 2. The van der Waals surface area contributed by atoms with Gasteiger partial charge < -0.3 is 37.8 Å². The highest BCUT2D eigenvalue weighted by Gasteiger charge is 2.25. The van der Waals surface area contributed by atoms with E-state index in [4.69, 9.17) is 22.0 Å². The Labute approximate surface area is 197 Å². The van der Waals surface area contributed by atoms with Crippen molar-refractivity contribution in [3.05, 3.63) is 35.9 Å². The summed E-state index contributed by atoms with van der Waals surface area (Å²) in [6.07, 6.45) is 0.848. The molecule has 0 aliphatic carbocycles. The van der Waals surface area contributed by atoms with E-state index in [0.717, 1.165) is 5.56 Å². The molecule has 0 radical (unpaired) electrons. The summed E-state index contributed by atoms with van der Waals surface area (Å²) in [5.74, 6) is -3.47. The number of aliphatic carboxylic acids is 1. The van der Waals surface area contributed by atoms with Crippen LogP contribution in [-0.4, -0.2) is 71.7 Å². The Kier molecular flexibility index (Phi) is 12.3. The number of nitrogens with one attached hydrogen (secondary N) is 5. The topological polar surface area (TPSA) is 213 Å². The van der Waals surface area contributed by atoms with Crippen molar-refractivity contribution in [1.82, 2.24) is 21.3 Å². The lowest BCUT2D eigenvalue weighted by molar-refractivity contribution is -0.141. The van der Waals surface area contributed by atoms with Crippen LogP contribution < -0.4 is 32.7 Å². The minimum Gasteiger partial charge on any atom is -0.480 e. The molecule has 1 aromatic rings. The zero-order chi connectivity index (χ0) is 24.8. The summed E-state index contributed by atoms with van der Waals surface area (Å²) in [5, 5.41) is 25.9. The molecule has 0 saturated carbocycles. The first-order valence-electron chi connectivity index (χ1n) is 10.2. The van der Waals surface area contributed by atoms with E-state index >= 15 is 0 Å². The van der Waals surface area contributed by atoms with Crippen molar-refractivity contribution in [3.8, 4) is 0 Å². The molecule has 33 heavy (non-hydrogen) atoms. The van der Waals surface area contributed by atoms with Crippen LogP contribution in [-0.2, 0) is 25.6 Å². The smallest absolute Gasteiger partial charge is 0.327 e. The van der Waals surface area contributed by atoms with Gasteiger partial charge in [0, 0.05) is 12.3 Å². The first-order chi connectivity index (χ1) is 15.6. The zero-order valence-electron chi connectivity index (χ0n) is 18.0. The summed E-state index contributed by atoms with van der Waals surface area (Å²) in [4.78, 5) is 48.1. The van der Waals surface area contributed by atoms with Gasteiger partial charge in [-0.3, -0.25) is 19.8 Å². The molecule has 182 valence electrons. The van der Waals surface area contributed by atoms with Gasteiger partial charge in [0.05, 0.1) is 12.6 Å². The summed E-state index contributed by atoms with van der Waals surface area (Å²) in [7, 11) is 0. The molecule has 0 saturated heterocycles. The molecule has 0 fully saturated rings. The summed E-state index contributed by atoms with van der Waals surface area (Å²) < 4.78 is 0. The summed E-state index contributed by atoms with van der Waals surface area (Å²) in [5.41, 5.74) is 12.1. The number of carboxylic acid groups (broad SMARTS) is 1. The fourth-order valence-corrected chi connectivity index (χ4v) is 3.01. The fourth-order valence-electron chi connectivity index (χ4n) is 2.76. The molecule has 12 nitrogen and oxygen atoms in total. The van der Waals surface area contributed by atoms with Gasteiger partial charge in [-0.2, -0.15) is 12.6 Å². The van der Waals surface area contributed by atoms with Crippen LogP contribution in [0, 0.1) is 5.41 Å². The third-order valence-electron chi connectivity index (χ3n) is 4.49. The van der Waals surface area contributed by atoms with Gasteiger partial charge in [-0.25, -0.2) is 4.79 Å². The van der Waals surface area contributed by atoms with Crippen LogP contribution in [0.2, 0.25) is 0 Å². The van der Waals surface area contributed by atoms with E-state index in [0.29, 0.717) is 13.0 Å². The summed E-state index contributed by atoms with van der Waals surface area (Å²) >= 11 is 3.85. The Morgan fingerprint density at radius 2 is 1.70 bits per heavy atom. The molecule has 13 heteroatoms. The lowest BCUT2D eigenvalue weighted by atomic mass is 10.0. The van der Waals surface area contributed by atoms with E-state index in [1.54, 1.807) is 0 Å². The van der Waals surface area contributed by atoms with Crippen molar-refractivity contribution in [3.63, 3.8) is 0 Å². The van der Waals surface area contributed by atoms with Gasteiger partial charge in [0.2, 0.25) is 17.7 Å². The van der Waals surface area contributed by atoms with Crippen LogP contribution in [0.15, 0.2) is 30.3 Å². The maximum Gasteiger partial charge on any atom is 0.327 e. The minimum atomic E-state index is -1.25. The molecule has 3 amide bonds. The van der Waals surface area contributed by atoms with E-state index in [1.165, 1.54) is 0 Å². The van der Waals surface area contributed by atoms with E-state index in [1.807, 2.05) is 30.3 Å². The van der Waals surface area contributed by atoms with Gasteiger partial charge in [-0.15, -0.1) is 0 Å². The standard InChI is InChI=1S/C20H31N7O5S/c21-13(9-12-5-2-1-3-6-12)17(29)27-14(7-4-8-24-20(22)23)18(30)25-10-16(28)26-15(11-33)19(31)32/h1-3,5-6,13-15,33H,4,7-11,21H2,(H,25,30)(H,26,28)(H,27,29)(H,31,32)(H4,22,23,24)/t13-,14-,15-/m0/s1. The van der Waals surface area contributed by atoms with Gasteiger partial charge in [0.1, 0.15) is 12.1 Å². The van der Waals surface area contributed by atoms with Crippen molar-refractivity contribution in [2.45, 2.75) is 37.4 Å². The number of benzene rings is 1. The molecule has 0 bridgehead atoms. The number of rotatable bonds is 14. The predicted molar refractivity (Wildman–Crippen MR) is 126 cm³/mol. The molecule has 10 N–H and O–H groups in total. The number of carbonyl (C=O) groups is 4. The highest BCUT2D eigenvalue weighted by molar-refractivity contribution is 7.80. The first-order valence-corrected chi connectivity index (χ1v) is 10.9. The lowest BCUT2D eigenvalue weighted by Crippen LogP contribution is -2.54. The number of hydrogen-bond acceptors (Lipinski definition) is 7. The fraction of sp³-hybridized carbons (Fsp3) is 0.450. The zero-order valence-corrected chi connectivity index (χ0v) is 18.9. The number of thiol groups is 1. The quantitative estimate of drug-likeness (QED) is 0.0621. The van der Waals surface area contributed by atoms with E-state index in [-0.39, 0.29) is 24.6 Å². The SMILES string of the molecule is N=C(N)NCCC[C@H](NC(=O)[C@@H](N)Cc1ccccc1)C(=O)NCC(=O)N[C@@H](CS)C(=O)O. The largest absolute Gasteiger partial charge is 0.480 e. The number of amides is 3. The Morgan fingerprint density at radius 1 is 1.03 bits per heavy atom. The molecule has 1 aromatic carbocycles. The number of carboxylic acids is 1. The normalized spacial score (nSPS) is 13.2. The van der Waals surface area contributed by atoms with Crippen molar-refractivity contribution in [2.75, 3.05) is 18.8 Å². The maximum absolute atomic E-state index is 12.6. The third-order valence-corrected chi connectivity index (χ3v) is 4.86. The average Bonchev–Trinajstić information content (AvgIpc) is 2.77. The number of guanidine groups is 1. The van der Waals surface area contributed by atoms with Crippen LogP contribution in [0.25, 0.3) is 0 Å². The lowest BCUT2D eigenvalue weighted by Gasteiger charge is -2.21. The molecule has 0 heterocycles. The second-order valence-corrected chi connectivity index (χ2v) is 7.56. The Balaban J connectivity index is 2.69. The molecule has 3 atom stereocenters. The van der Waals surface area contributed by atoms with Crippen LogP contribution in [0.4, 0.5) is 0 Å². The molecule has 0 aliphatic rings. The second kappa shape index (κ2) is 14.7. The molecule has 0 aromatic heterocycles. The molecule has 0 spiro atoms. The second-order valence-electron chi connectivity index (χ2n) is 7.20. The monoisotopic (exact) mass is 481 g/mol. The Hall–Kier alpha value is -3.32. The summed E-state index contributed by atoms with van der Waals surface area (Å²) in [6, 6.07) is 6.07. The van der Waals surface area contributed by atoms with Crippen LogP contribution in [0.5, 0.6) is 0 Å². The first kappa shape index (κ1) is 27.7. The number of hydrogen-bond donors (Lipinski definition) is 9. The van der Waals surface area contributed by atoms with Crippen molar-refractivity contribution >= 4 is 42.3 Å². The third kappa shape index (κ3) is 11.2. The van der Waals surface area contributed by atoms with Gasteiger partial charge in [-0.1, -0.05) is 30.3 Å². The van der Waals surface area contributed by atoms with Crippen LogP contribution >= 0.6 is 12.6 Å². The predicted octanol–water partition coefficient (Wildman–Crippen LogP) is -2.08. The van der Waals surface area contributed by atoms with Gasteiger partial charge in [0.15, 0.2) is 5.96 Å². The average molecular weight is 482 g/mol. The summed E-state index contributed by atoms with van der Waals surface area (Å²) in [6.45, 7) is -0.182. The maximum atomic E-state index is 12.6. The molecule has 1 rings (SSSR count). The van der Waals surface area contributed by atoms with Gasteiger partial charge >= 0.3 is 5.97 Å². The highest BCUT2D eigenvalue weighted by Crippen LogP contribution is 2.04.